The van der Waals surface area contributed by atoms with Crippen molar-refractivity contribution in [3.05, 3.63) is 29.9 Å². The van der Waals surface area contributed by atoms with Gasteiger partial charge in [0.05, 0.1) is 6.61 Å². The number of aliphatic hydroxyl groups is 1. The maximum absolute atomic E-state index is 8.45. The Balaban J connectivity index is 2.79. The lowest BCUT2D eigenvalue weighted by molar-refractivity contribution is 0.343. The molecule has 1 N–H and O–H groups in total. The number of hydrogen-bond donors (Lipinski definition) is 1. The smallest absolute Gasteiger partial charge is 0.151 e. The van der Waals surface area contributed by atoms with E-state index < -0.39 is 0 Å². The monoisotopic (exact) mass is 150 g/mol. The van der Waals surface area contributed by atoms with Crippen molar-refractivity contribution in [3.8, 4) is 0 Å². The summed E-state index contributed by atoms with van der Waals surface area (Å²) in [6.45, 7) is 1.93. The fourth-order valence-electron chi connectivity index (χ4n) is 0.707. The van der Waals surface area contributed by atoms with Crippen LogP contribution in [0.3, 0.4) is 0 Å². The molecule has 0 bridgehead atoms. The molecule has 0 spiro atoms. The summed E-state index contributed by atoms with van der Waals surface area (Å²) < 4.78 is 0. The summed E-state index contributed by atoms with van der Waals surface area (Å²) in [6, 6.07) is 1.83. The molecule has 3 nitrogen and oxygen atoms in total. The van der Waals surface area contributed by atoms with E-state index in [9.17, 15) is 0 Å². The molecule has 1 rings (SSSR count). The molecule has 0 aromatic carbocycles. The van der Waals surface area contributed by atoms with Crippen molar-refractivity contribution in [3.63, 3.8) is 0 Å². The summed E-state index contributed by atoms with van der Waals surface area (Å²) in [6.07, 6.45) is 4.99. The van der Waals surface area contributed by atoms with Gasteiger partial charge in [-0.3, -0.25) is 0 Å². The Kier molecular flexibility index (Phi) is 2.74. The highest BCUT2D eigenvalue weighted by Crippen LogP contribution is 1.94. The van der Waals surface area contributed by atoms with Gasteiger partial charge in [0, 0.05) is 11.9 Å². The van der Waals surface area contributed by atoms with E-state index in [-0.39, 0.29) is 6.61 Å². The van der Waals surface area contributed by atoms with Crippen LogP contribution < -0.4 is 0 Å². The lowest BCUT2D eigenvalue weighted by Crippen LogP contribution is -1.88. The van der Waals surface area contributed by atoms with Crippen LogP contribution >= 0.6 is 0 Å². The van der Waals surface area contributed by atoms with Gasteiger partial charge in [-0.2, -0.15) is 0 Å². The molecule has 1 heterocycles. The van der Waals surface area contributed by atoms with Crippen LogP contribution in [0.15, 0.2) is 18.3 Å². The Morgan fingerprint density at radius 1 is 1.64 bits per heavy atom. The first kappa shape index (κ1) is 7.88. The summed E-state index contributed by atoms with van der Waals surface area (Å²) in [5.74, 6) is 0.638. The van der Waals surface area contributed by atoms with Gasteiger partial charge < -0.3 is 5.11 Å². The van der Waals surface area contributed by atoms with Crippen molar-refractivity contribution >= 4 is 6.08 Å². The second-order valence-corrected chi connectivity index (χ2v) is 2.14. The third-order valence-electron chi connectivity index (χ3n) is 1.19. The number of aryl methyl sites for hydroxylation is 1. The second-order valence-electron chi connectivity index (χ2n) is 2.14. The van der Waals surface area contributed by atoms with Crippen molar-refractivity contribution < 1.29 is 5.11 Å². The van der Waals surface area contributed by atoms with Gasteiger partial charge in [-0.15, -0.1) is 0 Å². The van der Waals surface area contributed by atoms with Crippen LogP contribution in [0, 0.1) is 6.92 Å². The van der Waals surface area contributed by atoms with Crippen molar-refractivity contribution in [2.75, 3.05) is 6.61 Å². The molecule has 0 fully saturated rings. The van der Waals surface area contributed by atoms with Gasteiger partial charge in [0.25, 0.3) is 0 Å². The SMILES string of the molecule is Cc1ccnc(C=CCO)n1. The van der Waals surface area contributed by atoms with Crippen LogP contribution in [0.2, 0.25) is 0 Å². The van der Waals surface area contributed by atoms with Gasteiger partial charge in [-0.1, -0.05) is 6.08 Å². The fraction of sp³-hybridized carbons (Fsp3) is 0.250. The molecular formula is C8H10N2O. The molecule has 58 valence electrons. The first-order valence-corrected chi connectivity index (χ1v) is 3.40. The molecule has 0 aliphatic rings. The summed E-state index contributed by atoms with van der Waals surface area (Å²) in [5, 5.41) is 8.45. The van der Waals surface area contributed by atoms with Crippen LogP contribution in [0.25, 0.3) is 6.08 Å². The highest BCUT2D eigenvalue weighted by atomic mass is 16.2. The molecule has 11 heavy (non-hydrogen) atoms. The predicted molar refractivity (Wildman–Crippen MR) is 42.9 cm³/mol. The molecule has 0 aliphatic carbocycles. The Labute approximate surface area is 65.4 Å². The van der Waals surface area contributed by atoms with Gasteiger partial charge in [0.2, 0.25) is 0 Å². The number of nitrogens with zero attached hydrogens (tertiary/aromatic N) is 2. The molecule has 0 saturated carbocycles. The van der Waals surface area contributed by atoms with Gasteiger partial charge in [-0.25, -0.2) is 9.97 Å². The minimum atomic E-state index is 0.0251. The molecule has 0 aliphatic heterocycles. The predicted octanol–water partition coefficient (Wildman–Crippen LogP) is 0.791. The van der Waals surface area contributed by atoms with E-state index in [1.165, 1.54) is 0 Å². The highest BCUT2D eigenvalue weighted by Gasteiger charge is 1.88. The van der Waals surface area contributed by atoms with Crippen molar-refractivity contribution in [1.29, 1.82) is 0 Å². The summed E-state index contributed by atoms with van der Waals surface area (Å²) >= 11 is 0. The molecule has 1 aromatic rings. The third-order valence-corrected chi connectivity index (χ3v) is 1.19. The molecule has 0 amide bonds. The van der Waals surface area contributed by atoms with Crippen LogP contribution in [-0.4, -0.2) is 21.7 Å². The lowest BCUT2D eigenvalue weighted by Gasteiger charge is -1.92. The van der Waals surface area contributed by atoms with E-state index in [2.05, 4.69) is 9.97 Å². The zero-order valence-corrected chi connectivity index (χ0v) is 6.36. The van der Waals surface area contributed by atoms with Gasteiger partial charge >= 0.3 is 0 Å². The maximum atomic E-state index is 8.45. The normalized spacial score (nSPS) is 10.7. The minimum absolute atomic E-state index is 0.0251. The van der Waals surface area contributed by atoms with E-state index in [1.54, 1.807) is 18.3 Å². The van der Waals surface area contributed by atoms with E-state index in [1.807, 2.05) is 13.0 Å². The number of aromatic nitrogens is 2. The first-order valence-electron chi connectivity index (χ1n) is 3.40. The summed E-state index contributed by atoms with van der Waals surface area (Å²) in [7, 11) is 0. The van der Waals surface area contributed by atoms with Crippen molar-refractivity contribution in [2.45, 2.75) is 6.92 Å². The highest BCUT2D eigenvalue weighted by molar-refractivity contribution is 5.39. The van der Waals surface area contributed by atoms with Gasteiger partial charge in [0.15, 0.2) is 5.82 Å². The topological polar surface area (TPSA) is 46.0 Å². The molecule has 0 saturated heterocycles. The molecular weight excluding hydrogens is 140 g/mol. The molecule has 0 radical (unpaired) electrons. The zero-order chi connectivity index (χ0) is 8.10. The van der Waals surface area contributed by atoms with Crippen molar-refractivity contribution in [1.82, 2.24) is 9.97 Å². The van der Waals surface area contributed by atoms with E-state index in [0.29, 0.717) is 5.82 Å². The zero-order valence-electron chi connectivity index (χ0n) is 6.36. The van der Waals surface area contributed by atoms with E-state index in [4.69, 9.17) is 5.11 Å². The average molecular weight is 150 g/mol. The fourth-order valence-corrected chi connectivity index (χ4v) is 0.707. The summed E-state index contributed by atoms with van der Waals surface area (Å²) in [5.41, 5.74) is 0.928. The quantitative estimate of drug-likeness (QED) is 0.678. The molecule has 0 unspecified atom stereocenters. The molecule has 0 atom stereocenters. The van der Waals surface area contributed by atoms with E-state index in [0.717, 1.165) is 5.69 Å². The van der Waals surface area contributed by atoms with Crippen LogP contribution in [0.5, 0.6) is 0 Å². The van der Waals surface area contributed by atoms with Crippen LogP contribution in [0.4, 0.5) is 0 Å². The largest absolute Gasteiger partial charge is 0.392 e. The Hall–Kier alpha value is -1.22. The van der Waals surface area contributed by atoms with Gasteiger partial charge in [0.1, 0.15) is 0 Å². The second kappa shape index (κ2) is 3.83. The van der Waals surface area contributed by atoms with Gasteiger partial charge in [-0.05, 0) is 19.1 Å². The number of rotatable bonds is 2. The number of hydrogen-bond acceptors (Lipinski definition) is 3. The Morgan fingerprint density at radius 2 is 2.45 bits per heavy atom. The number of aliphatic hydroxyl groups excluding tert-OH is 1. The molecule has 3 heteroatoms. The van der Waals surface area contributed by atoms with Crippen molar-refractivity contribution in [2.24, 2.45) is 0 Å². The average Bonchev–Trinajstić information content (AvgIpc) is 2.01. The standard InChI is InChI=1S/C8H10N2O/c1-7-4-5-9-8(10-7)3-2-6-11/h2-5,11H,6H2,1H3. The molecule has 1 aromatic heterocycles. The first-order chi connectivity index (χ1) is 5.33. The minimum Gasteiger partial charge on any atom is -0.392 e. The maximum Gasteiger partial charge on any atom is 0.151 e. The van der Waals surface area contributed by atoms with E-state index >= 15 is 0 Å². The third kappa shape index (κ3) is 2.47. The van der Waals surface area contributed by atoms with Crippen LogP contribution in [0.1, 0.15) is 11.5 Å². The Morgan fingerprint density at radius 3 is 3.09 bits per heavy atom. The van der Waals surface area contributed by atoms with Crippen LogP contribution in [-0.2, 0) is 0 Å². The Bertz CT molecular complexity index is 258. The summed E-state index contributed by atoms with van der Waals surface area (Å²) in [4.78, 5) is 8.07. The lowest BCUT2D eigenvalue weighted by atomic mass is 10.4.